The van der Waals surface area contributed by atoms with Gasteiger partial charge in [-0.15, -0.1) is 23.7 Å². The minimum absolute atomic E-state index is 0. The van der Waals surface area contributed by atoms with Crippen molar-refractivity contribution < 1.29 is 9.13 Å². The second-order valence-electron chi connectivity index (χ2n) is 5.76. The molecule has 0 unspecified atom stereocenters. The lowest BCUT2D eigenvalue weighted by Gasteiger charge is -2.09. The molecule has 144 valence electrons. The van der Waals surface area contributed by atoms with Crippen molar-refractivity contribution in [1.82, 2.24) is 9.97 Å². The molecule has 2 aromatic heterocycles. The number of hydrogen-bond donors (Lipinski definition) is 1. The van der Waals surface area contributed by atoms with E-state index in [1.54, 1.807) is 17.4 Å². The molecule has 2 aromatic carbocycles. The molecule has 8 heteroatoms. The summed E-state index contributed by atoms with van der Waals surface area (Å²) in [7, 11) is 0. The van der Waals surface area contributed by atoms with E-state index < -0.39 is 5.82 Å². The van der Waals surface area contributed by atoms with Gasteiger partial charge in [-0.25, -0.2) is 14.4 Å². The molecule has 0 aliphatic rings. The highest BCUT2D eigenvalue weighted by molar-refractivity contribution is 7.17. The second kappa shape index (κ2) is 8.73. The zero-order chi connectivity index (χ0) is 18.8. The zero-order valence-corrected chi connectivity index (χ0v) is 17.2. The molecule has 0 amide bonds. The summed E-state index contributed by atoms with van der Waals surface area (Å²) >= 11 is 7.43. The van der Waals surface area contributed by atoms with Crippen LogP contribution in [0.3, 0.4) is 0 Å². The van der Waals surface area contributed by atoms with Crippen LogP contribution in [-0.4, -0.2) is 16.6 Å². The molecular weight excluding hydrogens is 420 g/mol. The summed E-state index contributed by atoms with van der Waals surface area (Å²) in [6.07, 6.45) is 1.51. The summed E-state index contributed by atoms with van der Waals surface area (Å²) in [5, 5.41) is 6.24. The van der Waals surface area contributed by atoms with Gasteiger partial charge >= 0.3 is 0 Å². The van der Waals surface area contributed by atoms with E-state index in [-0.39, 0.29) is 17.4 Å². The predicted molar refractivity (Wildman–Crippen MR) is 116 cm³/mol. The third kappa shape index (κ3) is 4.04. The number of halogens is 3. The normalized spacial score (nSPS) is 10.5. The molecule has 4 rings (SSSR count). The van der Waals surface area contributed by atoms with Crippen LogP contribution in [0.4, 0.5) is 15.9 Å². The lowest BCUT2D eigenvalue weighted by atomic mass is 10.1. The van der Waals surface area contributed by atoms with E-state index in [0.29, 0.717) is 18.1 Å². The molecule has 0 bridgehead atoms. The molecule has 0 aliphatic heterocycles. The zero-order valence-electron chi connectivity index (χ0n) is 14.8. The van der Waals surface area contributed by atoms with Crippen LogP contribution in [-0.2, 0) is 0 Å². The first-order chi connectivity index (χ1) is 13.2. The van der Waals surface area contributed by atoms with Crippen LogP contribution in [0.2, 0.25) is 5.02 Å². The lowest BCUT2D eigenvalue weighted by Crippen LogP contribution is -1.96. The van der Waals surface area contributed by atoms with Gasteiger partial charge in [-0.2, -0.15) is 0 Å². The first-order valence-electron chi connectivity index (χ1n) is 8.33. The topological polar surface area (TPSA) is 47.0 Å². The maximum absolute atomic E-state index is 13.4. The fourth-order valence-corrected chi connectivity index (χ4v) is 3.89. The Morgan fingerprint density at radius 1 is 1.14 bits per heavy atom. The highest BCUT2D eigenvalue weighted by Crippen LogP contribution is 2.38. The van der Waals surface area contributed by atoms with Crippen LogP contribution in [0, 0.1) is 5.82 Å². The van der Waals surface area contributed by atoms with Crippen molar-refractivity contribution in [2.75, 3.05) is 11.9 Å². The van der Waals surface area contributed by atoms with Crippen LogP contribution < -0.4 is 10.1 Å². The van der Waals surface area contributed by atoms with E-state index in [9.17, 15) is 4.39 Å². The summed E-state index contributed by atoms with van der Waals surface area (Å²) in [6, 6.07) is 12.4. The molecule has 0 saturated carbocycles. The first-order valence-corrected chi connectivity index (χ1v) is 9.59. The smallest absolute Gasteiger partial charge is 0.143 e. The minimum Gasteiger partial charge on any atom is -0.494 e. The number of thiophene rings is 1. The van der Waals surface area contributed by atoms with Gasteiger partial charge in [-0.1, -0.05) is 23.7 Å². The maximum Gasteiger partial charge on any atom is 0.143 e. The van der Waals surface area contributed by atoms with Crippen molar-refractivity contribution in [2.45, 2.75) is 6.92 Å². The molecule has 0 spiro atoms. The van der Waals surface area contributed by atoms with Crippen molar-refractivity contribution in [2.24, 2.45) is 0 Å². The van der Waals surface area contributed by atoms with Crippen molar-refractivity contribution in [3.05, 3.63) is 65.0 Å². The van der Waals surface area contributed by atoms with Crippen LogP contribution >= 0.6 is 35.3 Å². The Balaban J connectivity index is 0.00000225. The van der Waals surface area contributed by atoms with Crippen LogP contribution in [0.5, 0.6) is 5.75 Å². The van der Waals surface area contributed by atoms with Gasteiger partial charge in [0.2, 0.25) is 0 Å². The maximum atomic E-state index is 13.4. The van der Waals surface area contributed by atoms with Gasteiger partial charge in [-0.3, -0.25) is 0 Å². The Labute approximate surface area is 176 Å². The van der Waals surface area contributed by atoms with Crippen molar-refractivity contribution in [3.8, 4) is 16.9 Å². The fraction of sp³-hybridized carbons (Fsp3) is 0.100. The third-order valence-corrected chi connectivity index (χ3v) is 5.20. The number of hydrogen-bond acceptors (Lipinski definition) is 5. The summed E-state index contributed by atoms with van der Waals surface area (Å²) in [5.74, 6) is 1.02. The molecule has 4 nitrogen and oxygen atoms in total. The van der Waals surface area contributed by atoms with E-state index in [4.69, 9.17) is 16.3 Å². The standard InChI is InChI=1S/C20H15ClFN3OS.ClH/c1-2-26-14-6-3-12(4-7-14)15-10-27-20-18(15)19(23-11-24-20)25-13-5-8-17(22)16(21)9-13;/h3-11H,2H2,1H3,(H,23,24,25);1H. The SMILES string of the molecule is CCOc1ccc(-c2csc3ncnc(Nc4ccc(F)c(Cl)c4)c23)cc1.Cl. The Bertz CT molecular complexity index is 1100. The number of benzene rings is 2. The van der Waals surface area contributed by atoms with Crippen LogP contribution in [0.15, 0.2) is 54.2 Å². The van der Waals surface area contributed by atoms with Gasteiger partial charge in [0, 0.05) is 16.6 Å². The molecule has 0 radical (unpaired) electrons. The number of rotatable bonds is 5. The van der Waals surface area contributed by atoms with Gasteiger partial charge in [0.1, 0.15) is 28.5 Å². The van der Waals surface area contributed by atoms with Crippen LogP contribution in [0.1, 0.15) is 6.92 Å². The fourth-order valence-electron chi connectivity index (χ4n) is 2.79. The third-order valence-electron chi connectivity index (χ3n) is 4.03. The van der Waals surface area contributed by atoms with Gasteiger partial charge in [0.05, 0.1) is 17.0 Å². The average Bonchev–Trinajstić information content (AvgIpc) is 3.11. The molecule has 4 aromatic rings. The Morgan fingerprint density at radius 3 is 2.64 bits per heavy atom. The average molecular weight is 436 g/mol. The molecule has 0 saturated heterocycles. The molecule has 0 fully saturated rings. The largest absolute Gasteiger partial charge is 0.494 e. The van der Waals surface area contributed by atoms with Crippen LogP contribution in [0.25, 0.3) is 21.3 Å². The van der Waals surface area contributed by atoms with E-state index in [1.165, 1.54) is 18.5 Å². The Hall–Kier alpha value is -2.41. The van der Waals surface area contributed by atoms with Crippen molar-refractivity contribution in [1.29, 1.82) is 0 Å². The number of nitrogens with one attached hydrogen (secondary N) is 1. The quantitative estimate of drug-likeness (QED) is 0.378. The van der Waals surface area contributed by atoms with E-state index >= 15 is 0 Å². The summed E-state index contributed by atoms with van der Waals surface area (Å²) in [4.78, 5) is 9.61. The first kappa shape index (κ1) is 20.3. The highest BCUT2D eigenvalue weighted by atomic mass is 35.5. The molecule has 1 N–H and O–H groups in total. The number of nitrogens with zero attached hydrogens (tertiary/aromatic N) is 2. The van der Waals surface area contributed by atoms with E-state index in [1.807, 2.05) is 31.2 Å². The monoisotopic (exact) mass is 435 g/mol. The Kier molecular flexibility index (Phi) is 6.34. The second-order valence-corrected chi connectivity index (χ2v) is 7.03. The minimum atomic E-state index is -0.458. The summed E-state index contributed by atoms with van der Waals surface area (Å²) in [6.45, 7) is 2.58. The number of anilines is 2. The molecule has 0 aliphatic carbocycles. The van der Waals surface area contributed by atoms with Gasteiger partial charge in [0.15, 0.2) is 0 Å². The van der Waals surface area contributed by atoms with Gasteiger partial charge < -0.3 is 10.1 Å². The molecular formula is C20H16Cl2FN3OS. The lowest BCUT2D eigenvalue weighted by molar-refractivity contribution is 0.340. The number of fused-ring (bicyclic) bond motifs is 1. The summed E-state index contributed by atoms with van der Waals surface area (Å²) in [5.41, 5.74) is 2.72. The van der Waals surface area contributed by atoms with Crippen molar-refractivity contribution in [3.63, 3.8) is 0 Å². The molecule has 0 atom stereocenters. The van der Waals surface area contributed by atoms with Gasteiger partial charge in [0.25, 0.3) is 0 Å². The molecule has 28 heavy (non-hydrogen) atoms. The van der Waals surface area contributed by atoms with E-state index in [2.05, 4.69) is 20.7 Å². The summed E-state index contributed by atoms with van der Waals surface area (Å²) < 4.78 is 18.9. The number of ether oxygens (including phenoxy) is 1. The van der Waals surface area contributed by atoms with Crippen molar-refractivity contribution >= 4 is 57.1 Å². The number of aromatic nitrogens is 2. The van der Waals surface area contributed by atoms with Gasteiger partial charge in [-0.05, 0) is 42.8 Å². The molecule has 2 heterocycles. The highest BCUT2D eigenvalue weighted by Gasteiger charge is 2.14. The predicted octanol–water partition coefficient (Wildman–Crippen LogP) is 6.71. The van der Waals surface area contributed by atoms with E-state index in [0.717, 1.165) is 27.1 Å². The Morgan fingerprint density at radius 2 is 1.93 bits per heavy atom.